The molecule has 1 N–H and O–H groups in total. The summed E-state index contributed by atoms with van der Waals surface area (Å²) < 4.78 is 0. The van der Waals surface area contributed by atoms with Gasteiger partial charge in [0.15, 0.2) is 0 Å². The molecule has 0 saturated carbocycles. The fourth-order valence-corrected chi connectivity index (χ4v) is 2.86. The number of aromatic nitrogens is 1. The maximum Gasteiger partial charge on any atom is 0.0570 e. The average Bonchev–Trinajstić information content (AvgIpc) is 2.80. The first kappa shape index (κ1) is 12.4. The molecule has 0 saturated heterocycles. The van der Waals surface area contributed by atoms with Crippen LogP contribution < -0.4 is 5.32 Å². The van der Waals surface area contributed by atoms with E-state index in [2.05, 4.69) is 48.4 Å². The summed E-state index contributed by atoms with van der Waals surface area (Å²) in [6, 6.07) is 11.4. The van der Waals surface area contributed by atoms with Crippen molar-refractivity contribution in [2.24, 2.45) is 0 Å². The highest BCUT2D eigenvalue weighted by Crippen LogP contribution is 2.31. The second-order valence-corrected chi connectivity index (χ2v) is 5.44. The van der Waals surface area contributed by atoms with Gasteiger partial charge in [0.2, 0.25) is 0 Å². The first-order valence-electron chi connectivity index (χ1n) is 6.97. The summed E-state index contributed by atoms with van der Waals surface area (Å²) in [6.07, 6.45) is 4.26. The SMILES string of the molecule is Cc1ccc2c(c1)C(NCc1ncccc1C)CC2. The van der Waals surface area contributed by atoms with Crippen LogP contribution in [-0.2, 0) is 13.0 Å². The zero-order valence-electron chi connectivity index (χ0n) is 11.6. The van der Waals surface area contributed by atoms with Gasteiger partial charge < -0.3 is 5.32 Å². The van der Waals surface area contributed by atoms with Crippen molar-refractivity contribution in [3.05, 3.63) is 64.5 Å². The molecule has 2 heteroatoms. The van der Waals surface area contributed by atoms with Crippen molar-refractivity contribution in [2.45, 2.75) is 39.3 Å². The van der Waals surface area contributed by atoms with Crippen LogP contribution in [0, 0.1) is 13.8 Å². The van der Waals surface area contributed by atoms with Crippen LogP contribution in [0.25, 0.3) is 0 Å². The number of benzene rings is 1. The van der Waals surface area contributed by atoms with Crippen molar-refractivity contribution < 1.29 is 0 Å². The molecule has 1 aromatic heterocycles. The standard InChI is InChI=1S/C17H20N2/c1-12-5-6-14-7-8-16(15(14)10-12)19-11-17-13(2)4-3-9-18-17/h3-6,9-10,16,19H,7-8,11H2,1-2H3. The predicted molar refractivity (Wildman–Crippen MR) is 78.1 cm³/mol. The second-order valence-electron chi connectivity index (χ2n) is 5.44. The molecule has 1 aliphatic carbocycles. The Hall–Kier alpha value is -1.67. The van der Waals surface area contributed by atoms with Gasteiger partial charge in [0.1, 0.15) is 0 Å². The Bertz CT molecular complexity index is 590. The number of nitrogens with one attached hydrogen (secondary N) is 1. The zero-order chi connectivity index (χ0) is 13.2. The first-order valence-corrected chi connectivity index (χ1v) is 6.97. The minimum atomic E-state index is 0.483. The molecular formula is C17H20N2. The van der Waals surface area contributed by atoms with E-state index >= 15 is 0 Å². The molecule has 1 aliphatic rings. The van der Waals surface area contributed by atoms with Gasteiger partial charge in [-0.1, -0.05) is 29.8 Å². The summed E-state index contributed by atoms with van der Waals surface area (Å²) in [7, 11) is 0. The van der Waals surface area contributed by atoms with Crippen molar-refractivity contribution in [2.75, 3.05) is 0 Å². The van der Waals surface area contributed by atoms with Gasteiger partial charge in [-0.3, -0.25) is 4.98 Å². The van der Waals surface area contributed by atoms with Gasteiger partial charge in [0, 0.05) is 18.8 Å². The minimum Gasteiger partial charge on any atom is -0.304 e. The second kappa shape index (κ2) is 5.14. The molecule has 98 valence electrons. The summed E-state index contributed by atoms with van der Waals surface area (Å²) in [6.45, 7) is 5.14. The van der Waals surface area contributed by atoms with E-state index in [-0.39, 0.29) is 0 Å². The monoisotopic (exact) mass is 252 g/mol. The number of aryl methyl sites for hydroxylation is 3. The molecule has 1 aromatic carbocycles. The molecule has 2 nitrogen and oxygen atoms in total. The molecule has 1 atom stereocenters. The Morgan fingerprint density at radius 1 is 1.26 bits per heavy atom. The fourth-order valence-electron chi connectivity index (χ4n) is 2.86. The summed E-state index contributed by atoms with van der Waals surface area (Å²) in [5.41, 5.74) is 6.75. The molecule has 19 heavy (non-hydrogen) atoms. The Morgan fingerprint density at radius 2 is 2.16 bits per heavy atom. The van der Waals surface area contributed by atoms with Crippen molar-refractivity contribution >= 4 is 0 Å². The third kappa shape index (κ3) is 2.54. The van der Waals surface area contributed by atoms with Crippen molar-refractivity contribution in [1.29, 1.82) is 0 Å². The highest BCUT2D eigenvalue weighted by molar-refractivity contribution is 5.37. The summed E-state index contributed by atoms with van der Waals surface area (Å²) >= 11 is 0. The van der Waals surface area contributed by atoms with Crippen LogP contribution in [0.15, 0.2) is 36.5 Å². The van der Waals surface area contributed by atoms with Gasteiger partial charge in [-0.05, 0) is 49.4 Å². The lowest BCUT2D eigenvalue weighted by Crippen LogP contribution is -2.20. The third-order valence-electron chi connectivity index (χ3n) is 4.01. The summed E-state index contributed by atoms with van der Waals surface area (Å²) in [4.78, 5) is 4.45. The van der Waals surface area contributed by atoms with Crippen LogP contribution in [0.2, 0.25) is 0 Å². The van der Waals surface area contributed by atoms with Crippen LogP contribution in [0.3, 0.4) is 0 Å². The fraction of sp³-hybridized carbons (Fsp3) is 0.353. The molecule has 0 bridgehead atoms. The Kier molecular flexibility index (Phi) is 3.34. The molecule has 1 heterocycles. The van der Waals surface area contributed by atoms with Gasteiger partial charge in [0.25, 0.3) is 0 Å². The minimum absolute atomic E-state index is 0.483. The summed E-state index contributed by atoms with van der Waals surface area (Å²) in [5.74, 6) is 0. The number of rotatable bonds is 3. The van der Waals surface area contributed by atoms with Gasteiger partial charge in [0.05, 0.1) is 5.69 Å². The van der Waals surface area contributed by atoms with Gasteiger partial charge in [-0.15, -0.1) is 0 Å². The number of nitrogens with zero attached hydrogens (tertiary/aromatic N) is 1. The molecule has 0 aliphatic heterocycles. The zero-order valence-corrected chi connectivity index (χ0v) is 11.6. The van der Waals surface area contributed by atoms with Crippen LogP contribution in [0.4, 0.5) is 0 Å². The topological polar surface area (TPSA) is 24.9 Å². The largest absolute Gasteiger partial charge is 0.304 e. The smallest absolute Gasteiger partial charge is 0.0570 e. The molecule has 2 aromatic rings. The number of hydrogen-bond acceptors (Lipinski definition) is 2. The molecule has 0 radical (unpaired) electrons. The van der Waals surface area contributed by atoms with E-state index in [9.17, 15) is 0 Å². The van der Waals surface area contributed by atoms with Crippen molar-refractivity contribution in [3.8, 4) is 0 Å². The van der Waals surface area contributed by atoms with Crippen LogP contribution in [0.5, 0.6) is 0 Å². The molecule has 0 spiro atoms. The lowest BCUT2D eigenvalue weighted by molar-refractivity contribution is 0.524. The van der Waals surface area contributed by atoms with E-state index in [4.69, 9.17) is 0 Å². The van der Waals surface area contributed by atoms with E-state index in [1.165, 1.54) is 35.1 Å². The van der Waals surface area contributed by atoms with E-state index < -0.39 is 0 Å². The van der Waals surface area contributed by atoms with E-state index in [0.29, 0.717) is 6.04 Å². The quantitative estimate of drug-likeness (QED) is 0.904. The Balaban J connectivity index is 1.73. The first-order chi connectivity index (χ1) is 9.24. The van der Waals surface area contributed by atoms with Crippen molar-refractivity contribution in [3.63, 3.8) is 0 Å². The highest BCUT2D eigenvalue weighted by Gasteiger charge is 2.21. The van der Waals surface area contributed by atoms with Crippen LogP contribution in [-0.4, -0.2) is 4.98 Å². The number of fused-ring (bicyclic) bond motifs is 1. The predicted octanol–water partition coefficient (Wildman–Crippen LogP) is 3.48. The average molecular weight is 252 g/mol. The lowest BCUT2D eigenvalue weighted by Gasteiger charge is -2.15. The third-order valence-corrected chi connectivity index (χ3v) is 4.01. The van der Waals surface area contributed by atoms with E-state index in [0.717, 1.165) is 12.2 Å². The normalized spacial score (nSPS) is 17.5. The van der Waals surface area contributed by atoms with Crippen LogP contribution in [0.1, 0.15) is 40.4 Å². The Labute approximate surface area is 114 Å². The molecule has 3 rings (SSSR count). The van der Waals surface area contributed by atoms with Gasteiger partial charge >= 0.3 is 0 Å². The summed E-state index contributed by atoms with van der Waals surface area (Å²) in [5, 5.41) is 3.66. The highest BCUT2D eigenvalue weighted by atomic mass is 14.9. The van der Waals surface area contributed by atoms with Crippen LogP contribution >= 0.6 is 0 Å². The van der Waals surface area contributed by atoms with E-state index in [1.54, 1.807) is 0 Å². The van der Waals surface area contributed by atoms with Gasteiger partial charge in [-0.2, -0.15) is 0 Å². The molecule has 0 fully saturated rings. The van der Waals surface area contributed by atoms with Crippen molar-refractivity contribution in [1.82, 2.24) is 10.3 Å². The number of pyridine rings is 1. The number of hydrogen-bond donors (Lipinski definition) is 1. The lowest BCUT2D eigenvalue weighted by atomic mass is 10.0. The van der Waals surface area contributed by atoms with Gasteiger partial charge in [-0.25, -0.2) is 0 Å². The molecule has 0 amide bonds. The maximum atomic E-state index is 4.45. The van der Waals surface area contributed by atoms with E-state index in [1.807, 2.05) is 12.3 Å². The Morgan fingerprint density at radius 3 is 3.00 bits per heavy atom. The maximum absolute atomic E-state index is 4.45. The molecular weight excluding hydrogens is 232 g/mol. The molecule has 1 unspecified atom stereocenters.